The first-order valence-electron chi connectivity index (χ1n) is 8.65. The number of nitrogens with zero attached hydrogens (tertiary/aromatic N) is 1. The molecule has 0 saturated carbocycles. The van der Waals surface area contributed by atoms with Gasteiger partial charge in [-0.1, -0.05) is 17.7 Å². The maximum Gasteiger partial charge on any atom is 0.329 e. The Balaban J connectivity index is 1.54. The van der Waals surface area contributed by atoms with E-state index in [1.807, 2.05) is 6.92 Å². The molecule has 8 heteroatoms. The lowest BCUT2D eigenvalue weighted by Gasteiger charge is -2.22. The predicted octanol–water partition coefficient (Wildman–Crippen LogP) is 2.48. The van der Waals surface area contributed by atoms with E-state index in [2.05, 4.69) is 0 Å². The molecule has 2 heterocycles. The number of hydrogen-bond acceptors (Lipinski definition) is 6. The second-order valence-corrected chi connectivity index (χ2v) is 8.41. The summed E-state index contributed by atoms with van der Waals surface area (Å²) in [5.41, 5.74) is 0.967. The van der Waals surface area contributed by atoms with Crippen molar-refractivity contribution in [3.05, 3.63) is 48.0 Å². The molecule has 1 saturated heterocycles. The van der Waals surface area contributed by atoms with Gasteiger partial charge in [-0.15, -0.1) is 0 Å². The van der Waals surface area contributed by atoms with Crippen LogP contribution in [0.3, 0.4) is 0 Å². The summed E-state index contributed by atoms with van der Waals surface area (Å²) in [6, 6.07) is 10.6. The summed E-state index contributed by atoms with van der Waals surface area (Å²) < 4.78 is 43.0. The van der Waals surface area contributed by atoms with Gasteiger partial charge in [0.2, 0.25) is 16.8 Å². The number of sulfonamides is 1. The van der Waals surface area contributed by atoms with E-state index in [0.29, 0.717) is 30.1 Å². The average molecular weight is 389 g/mol. The van der Waals surface area contributed by atoms with E-state index in [1.54, 1.807) is 42.5 Å². The summed E-state index contributed by atoms with van der Waals surface area (Å²) >= 11 is 0. The van der Waals surface area contributed by atoms with Gasteiger partial charge in [0.15, 0.2) is 11.5 Å². The number of carbonyl (C=O) groups excluding carboxylic acids is 1. The second-order valence-electron chi connectivity index (χ2n) is 6.52. The van der Waals surface area contributed by atoms with Crippen molar-refractivity contribution in [1.82, 2.24) is 4.31 Å². The summed E-state index contributed by atoms with van der Waals surface area (Å²) in [6.07, 6.45) is 1.03. The topological polar surface area (TPSA) is 82.1 Å². The molecule has 2 aromatic rings. The van der Waals surface area contributed by atoms with Gasteiger partial charge < -0.3 is 14.2 Å². The van der Waals surface area contributed by atoms with Gasteiger partial charge in [0.25, 0.3) is 0 Å². The molecule has 0 bridgehead atoms. The van der Waals surface area contributed by atoms with Gasteiger partial charge in [-0.05, 0) is 44.0 Å². The smallest absolute Gasteiger partial charge is 0.329 e. The van der Waals surface area contributed by atoms with Crippen LogP contribution in [0.5, 0.6) is 17.2 Å². The van der Waals surface area contributed by atoms with E-state index >= 15 is 0 Å². The molecular formula is C19H19NO6S. The summed E-state index contributed by atoms with van der Waals surface area (Å²) in [6.45, 7) is 2.30. The lowest BCUT2D eigenvalue weighted by atomic mass is 10.2. The number of aryl methyl sites for hydroxylation is 1. The molecule has 142 valence electrons. The zero-order chi connectivity index (χ0) is 19.0. The Morgan fingerprint density at radius 3 is 2.63 bits per heavy atom. The van der Waals surface area contributed by atoms with Crippen molar-refractivity contribution in [2.45, 2.75) is 30.7 Å². The van der Waals surface area contributed by atoms with Crippen LogP contribution in [0.4, 0.5) is 0 Å². The molecule has 1 fully saturated rings. The van der Waals surface area contributed by atoms with Crippen molar-refractivity contribution >= 4 is 16.0 Å². The molecule has 0 spiro atoms. The van der Waals surface area contributed by atoms with Crippen LogP contribution in [0.1, 0.15) is 18.4 Å². The van der Waals surface area contributed by atoms with Gasteiger partial charge in [0, 0.05) is 12.6 Å². The minimum absolute atomic E-state index is 0.123. The number of benzene rings is 2. The standard InChI is InChI=1S/C19H19NO6S/c1-13-4-7-15(8-5-13)27(22,23)20-10-2-3-16(20)19(21)26-14-6-9-17-18(11-14)25-12-24-17/h4-9,11,16H,2-3,10,12H2,1H3/t16-/m0/s1. The number of carbonyl (C=O) groups is 1. The molecule has 0 amide bonds. The molecule has 0 N–H and O–H groups in total. The summed E-state index contributed by atoms with van der Waals surface area (Å²) in [7, 11) is -3.76. The van der Waals surface area contributed by atoms with Crippen LogP contribution in [0.2, 0.25) is 0 Å². The van der Waals surface area contributed by atoms with Gasteiger partial charge in [0.1, 0.15) is 11.8 Å². The summed E-state index contributed by atoms with van der Waals surface area (Å²) in [5, 5.41) is 0. The van der Waals surface area contributed by atoms with Gasteiger partial charge in [0.05, 0.1) is 4.90 Å². The normalized spacial score (nSPS) is 19.2. The molecule has 27 heavy (non-hydrogen) atoms. The molecule has 2 aliphatic heterocycles. The Hall–Kier alpha value is -2.58. The highest BCUT2D eigenvalue weighted by atomic mass is 32.2. The molecule has 0 aliphatic carbocycles. The van der Waals surface area contributed by atoms with E-state index in [0.717, 1.165) is 5.56 Å². The lowest BCUT2D eigenvalue weighted by molar-refractivity contribution is -0.137. The monoisotopic (exact) mass is 389 g/mol. The van der Waals surface area contributed by atoms with Gasteiger partial charge in [-0.25, -0.2) is 13.2 Å². The zero-order valence-corrected chi connectivity index (χ0v) is 15.6. The Labute approximate surface area is 157 Å². The summed E-state index contributed by atoms with van der Waals surface area (Å²) in [5.74, 6) is 0.779. The third kappa shape index (κ3) is 3.38. The van der Waals surface area contributed by atoms with E-state index < -0.39 is 22.0 Å². The maximum absolute atomic E-state index is 12.9. The Bertz CT molecular complexity index is 970. The van der Waals surface area contributed by atoms with Crippen molar-refractivity contribution < 1.29 is 27.4 Å². The number of fused-ring (bicyclic) bond motifs is 1. The zero-order valence-electron chi connectivity index (χ0n) is 14.8. The second kappa shape index (κ2) is 6.86. The lowest BCUT2D eigenvalue weighted by Crippen LogP contribution is -2.42. The molecule has 0 aromatic heterocycles. The van der Waals surface area contributed by atoms with E-state index in [9.17, 15) is 13.2 Å². The fraction of sp³-hybridized carbons (Fsp3) is 0.316. The number of hydrogen-bond donors (Lipinski definition) is 0. The number of ether oxygens (including phenoxy) is 3. The fourth-order valence-electron chi connectivity index (χ4n) is 3.23. The van der Waals surface area contributed by atoms with Crippen LogP contribution >= 0.6 is 0 Å². The van der Waals surface area contributed by atoms with Crippen molar-refractivity contribution in [2.75, 3.05) is 13.3 Å². The molecule has 0 radical (unpaired) electrons. The van der Waals surface area contributed by atoms with E-state index in [-0.39, 0.29) is 18.2 Å². The minimum Gasteiger partial charge on any atom is -0.454 e. The van der Waals surface area contributed by atoms with Crippen molar-refractivity contribution in [3.8, 4) is 17.2 Å². The molecular weight excluding hydrogens is 370 g/mol. The highest BCUT2D eigenvalue weighted by Crippen LogP contribution is 2.35. The first-order chi connectivity index (χ1) is 12.9. The average Bonchev–Trinajstić information content (AvgIpc) is 3.31. The summed E-state index contributed by atoms with van der Waals surface area (Å²) in [4.78, 5) is 12.8. The van der Waals surface area contributed by atoms with Crippen molar-refractivity contribution in [2.24, 2.45) is 0 Å². The van der Waals surface area contributed by atoms with Crippen LogP contribution < -0.4 is 14.2 Å². The van der Waals surface area contributed by atoms with Crippen LogP contribution in [0, 0.1) is 6.92 Å². The molecule has 4 rings (SSSR count). The van der Waals surface area contributed by atoms with Gasteiger partial charge in [-0.3, -0.25) is 0 Å². The van der Waals surface area contributed by atoms with Crippen LogP contribution in [-0.4, -0.2) is 38.1 Å². The van der Waals surface area contributed by atoms with Gasteiger partial charge in [-0.2, -0.15) is 4.31 Å². The first kappa shape index (κ1) is 17.8. The largest absolute Gasteiger partial charge is 0.454 e. The third-order valence-corrected chi connectivity index (χ3v) is 6.59. The molecule has 1 atom stereocenters. The molecule has 2 aromatic carbocycles. The number of esters is 1. The highest BCUT2D eigenvalue weighted by Gasteiger charge is 2.40. The fourth-order valence-corrected chi connectivity index (χ4v) is 4.88. The van der Waals surface area contributed by atoms with Crippen LogP contribution in [0.15, 0.2) is 47.4 Å². The Morgan fingerprint density at radius 1 is 1.11 bits per heavy atom. The maximum atomic E-state index is 12.9. The Morgan fingerprint density at radius 2 is 1.85 bits per heavy atom. The van der Waals surface area contributed by atoms with Crippen molar-refractivity contribution in [1.29, 1.82) is 0 Å². The van der Waals surface area contributed by atoms with Crippen LogP contribution in [0.25, 0.3) is 0 Å². The highest BCUT2D eigenvalue weighted by molar-refractivity contribution is 7.89. The molecule has 0 unspecified atom stereocenters. The SMILES string of the molecule is Cc1ccc(S(=O)(=O)N2CCC[C@H]2C(=O)Oc2ccc3c(c2)OCO3)cc1. The molecule has 2 aliphatic rings. The van der Waals surface area contributed by atoms with Crippen molar-refractivity contribution in [3.63, 3.8) is 0 Å². The minimum atomic E-state index is -3.76. The predicted molar refractivity (Wildman–Crippen MR) is 96.3 cm³/mol. The molecule has 7 nitrogen and oxygen atoms in total. The van der Waals surface area contributed by atoms with Crippen LogP contribution in [-0.2, 0) is 14.8 Å². The van der Waals surface area contributed by atoms with E-state index in [1.165, 1.54) is 4.31 Å². The van der Waals surface area contributed by atoms with Gasteiger partial charge >= 0.3 is 5.97 Å². The quantitative estimate of drug-likeness (QED) is 0.590. The third-order valence-electron chi connectivity index (χ3n) is 4.67. The Kier molecular flexibility index (Phi) is 4.53. The number of rotatable bonds is 4. The van der Waals surface area contributed by atoms with E-state index in [4.69, 9.17) is 14.2 Å². The first-order valence-corrected chi connectivity index (χ1v) is 10.1.